The second-order valence-electron chi connectivity index (χ2n) is 12.2. The second kappa shape index (κ2) is 9.47. The lowest BCUT2D eigenvalue weighted by molar-refractivity contribution is -0.166. The topological polar surface area (TPSA) is 132 Å². The van der Waals surface area contributed by atoms with Crippen molar-refractivity contribution < 1.29 is 45.7 Å². The Morgan fingerprint density at radius 2 is 1.81 bits per heavy atom. The van der Waals surface area contributed by atoms with Gasteiger partial charge < -0.3 is 4.74 Å². The van der Waals surface area contributed by atoms with E-state index in [4.69, 9.17) is 4.55 Å². The van der Waals surface area contributed by atoms with E-state index in [1.807, 2.05) is 13.8 Å². The Kier molecular flexibility index (Phi) is 7.23. The molecule has 0 bridgehead atoms. The van der Waals surface area contributed by atoms with Gasteiger partial charge in [0.15, 0.2) is 6.61 Å². The maximum Gasteiger partial charge on any atom is 0.402 e. The molecule has 11 heteroatoms. The zero-order valence-electron chi connectivity index (χ0n) is 21.5. The van der Waals surface area contributed by atoms with Crippen LogP contribution in [0.3, 0.4) is 0 Å². The van der Waals surface area contributed by atoms with Crippen LogP contribution in [0, 0.1) is 46.3 Å². The Bertz CT molecular complexity index is 1100. The molecular formula is C26H36F2O8S. The third-order valence-electron chi connectivity index (χ3n) is 10.5. The van der Waals surface area contributed by atoms with Crippen LogP contribution in [0.15, 0.2) is 0 Å². The van der Waals surface area contributed by atoms with Crippen LogP contribution < -0.4 is 0 Å². The Morgan fingerprint density at radius 3 is 2.46 bits per heavy atom. The maximum atomic E-state index is 13.8. The minimum Gasteiger partial charge on any atom is -0.458 e. The zero-order chi connectivity index (χ0) is 27.6. The van der Waals surface area contributed by atoms with Gasteiger partial charge in [0.2, 0.25) is 0 Å². The summed E-state index contributed by atoms with van der Waals surface area (Å²) in [6.45, 7) is 4.21. The van der Waals surface area contributed by atoms with E-state index in [1.165, 1.54) is 0 Å². The second-order valence-corrected chi connectivity index (χ2v) is 13.8. The molecule has 1 unspecified atom stereocenters. The largest absolute Gasteiger partial charge is 0.458 e. The van der Waals surface area contributed by atoms with Crippen LogP contribution in [-0.4, -0.2) is 48.2 Å². The molecule has 0 aromatic heterocycles. The van der Waals surface area contributed by atoms with Gasteiger partial charge in [-0.3, -0.25) is 23.7 Å². The van der Waals surface area contributed by atoms with Crippen molar-refractivity contribution in [2.45, 2.75) is 83.8 Å². The van der Waals surface area contributed by atoms with Crippen molar-refractivity contribution in [3.05, 3.63) is 0 Å². The first-order valence-electron chi connectivity index (χ1n) is 13.1. The molecule has 0 spiro atoms. The number of carbonyl (C=O) groups excluding carboxylic acids is 4. The monoisotopic (exact) mass is 546 g/mol. The van der Waals surface area contributed by atoms with Crippen LogP contribution in [0.2, 0.25) is 0 Å². The number of ketones is 3. The first-order valence-corrected chi connectivity index (χ1v) is 14.5. The highest BCUT2D eigenvalue weighted by Crippen LogP contribution is 2.66. The van der Waals surface area contributed by atoms with Gasteiger partial charge in [0.05, 0.1) is 0 Å². The summed E-state index contributed by atoms with van der Waals surface area (Å²) in [4.78, 5) is 51.3. The molecule has 4 rings (SSSR count). The van der Waals surface area contributed by atoms with Crippen LogP contribution in [0.5, 0.6) is 0 Å². The fourth-order valence-electron chi connectivity index (χ4n) is 8.25. The highest BCUT2D eigenvalue weighted by atomic mass is 32.2. The molecule has 1 N–H and O–H groups in total. The smallest absolute Gasteiger partial charge is 0.402 e. The van der Waals surface area contributed by atoms with Gasteiger partial charge in [-0.05, 0) is 60.7 Å². The van der Waals surface area contributed by atoms with Gasteiger partial charge in [0, 0.05) is 43.4 Å². The quantitative estimate of drug-likeness (QED) is 0.374. The van der Waals surface area contributed by atoms with Gasteiger partial charge in [-0.2, -0.15) is 17.2 Å². The number of Topliss-reactive ketones (excluding diaryl/α,β-unsaturated/α-hetero) is 3. The number of hydrogen-bond acceptors (Lipinski definition) is 7. The fraction of sp³-hybridized carbons (Fsp3) is 0.846. The van der Waals surface area contributed by atoms with Gasteiger partial charge >= 0.3 is 21.3 Å². The summed E-state index contributed by atoms with van der Waals surface area (Å²) >= 11 is 0. The molecule has 208 valence electrons. The molecule has 4 saturated carbocycles. The van der Waals surface area contributed by atoms with Crippen LogP contribution >= 0.6 is 0 Å². The molecule has 0 amide bonds. The Balaban J connectivity index is 1.44. The molecule has 8 nitrogen and oxygen atoms in total. The van der Waals surface area contributed by atoms with Crippen molar-refractivity contribution in [1.82, 2.24) is 0 Å². The standard InChI is InChI=1S/C26H36F2O8S/c1-14(4-7-22(32)36-13-26(27,28)37(33,34)35)17-5-6-18-23-19(12-21(31)25(17,18)3)24(2)9-8-16(29)10-15(24)11-20(23)30/h14-15,17-19,23H,4-13H2,1-3H3,(H,33,34,35)/t14?,15-,17+,18-,19-,23-,24-,25+/m0/s1. The number of halogens is 2. The highest BCUT2D eigenvalue weighted by molar-refractivity contribution is 7.86. The van der Waals surface area contributed by atoms with Crippen LogP contribution in [0.1, 0.15) is 78.6 Å². The van der Waals surface area contributed by atoms with Crippen LogP contribution in [-0.2, 0) is 34.0 Å². The molecule has 4 aliphatic carbocycles. The number of ether oxygens (including phenoxy) is 1. The average molecular weight is 547 g/mol. The average Bonchev–Trinajstić information content (AvgIpc) is 3.16. The Hall–Kier alpha value is -1.75. The SMILES string of the molecule is CC(CCC(=O)OCC(F)(F)S(=O)(=O)O)[C@H]1CC[C@H]2[C@@H]3C(=O)C[C@@H]4CC(=O)CC[C@]4(C)[C@H]3CC(=O)[C@]12C. The van der Waals surface area contributed by atoms with E-state index in [2.05, 4.69) is 11.7 Å². The van der Waals surface area contributed by atoms with E-state index in [0.29, 0.717) is 38.5 Å². The first kappa shape index (κ1) is 28.3. The van der Waals surface area contributed by atoms with Crippen molar-refractivity contribution in [2.24, 2.45) is 46.3 Å². The maximum absolute atomic E-state index is 13.8. The first-order chi connectivity index (χ1) is 17.0. The molecule has 8 atom stereocenters. The predicted molar refractivity (Wildman–Crippen MR) is 127 cm³/mol. The third kappa shape index (κ3) is 4.68. The van der Waals surface area contributed by atoms with E-state index in [-0.39, 0.29) is 71.1 Å². The lowest BCUT2D eigenvalue weighted by atomic mass is 9.44. The van der Waals surface area contributed by atoms with Gasteiger partial charge in [-0.1, -0.05) is 20.8 Å². The van der Waals surface area contributed by atoms with Crippen molar-refractivity contribution >= 4 is 33.4 Å². The van der Waals surface area contributed by atoms with Gasteiger partial charge in [0.1, 0.15) is 17.3 Å². The fourth-order valence-corrected chi connectivity index (χ4v) is 8.46. The molecule has 0 radical (unpaired) electrons. The minimum absolute atomic E-state index is 0.00464. The van der Waals surface area contributed by atoms with E-state index in [1.54, 1.807) is 0 Å². The van der Waals surface area contributed by atoms with E-state index in [0.717, 1.165) is 6.42 Å². The molecule has 0 heterocycles. The van der Waals surface area contributed by atoms with E-state index in [9.17, 15) is 36.4 Å². The van der Waals surface area contributed by atoms with Crippen LogP contribution in [0.4, 0.5) is 8.78 Å². The summed E-state index contributed by atoms with van der Waals surface area (Å²) in [5.41, 5.74) is -0.938. The zero-order valence-corrected chi connectivity index (χ0v) is 22.3. The van der Waals surface area contributed by atoms with Crippen molar-refractivity contribution in [3.8, 4) is 0 Å². The highest BCUT2D eigenvalue weighted by Gasteiger charge is 2.66. The number of alkyl halides is 2. The minimum atomic E-state index is -5.69. The molecule has 0 aromatic rings. The summed E-state index contributed by atoms with van der Waals surface area (Å²) < 4.78 is 61.0. The Morgan fingerprint density at radius 1 is 1.14 bits per heavy atom. The summed E-state index contributed by atoms with van der Waals surface area (Å²) in [5, 5.41) is -4.58. The summed E-state index contributed by atoms with van der Waals surface area (Å²) in [6, 6.07) is 0. The molecule has 0 aromatic carbocycles. The molecule has 0 saturated heterocycles. The van der Waals surface area contributed by atoms with Crippen molar-refractivity contribution in [2.75, 3.05) is 6.61 Å². The van der Waals surface area contributed by atoms with E-state index < -0.39 is 33.4 Å². The molecular weight excluding hydrogens is 510 g/mol. The van der Waals surface area contributed by atoms with Crippen LogP contribution in [0.25, 0.3) is 0 Å². The van der Waals surface area contributed by atoms with Crippen molar-refractivity contribution in [3.63, 3.8) is 0 Å². The predicted octanol–water partition coefficient (Wildman–Crippen LogP) is 4.01. The molecule has 4 fully saturated rings. The lowest BCUT2D eigenvalue weighted by Crippen LogP contribution is -2.60. The third-order valence-corrected chi connectivity index (χ3v) is 11.4. The number of hydrogen-bond donors (Lipinski definition) is 1. The molecule has 0 aliphatic heterocycles. The van der Waals surface area contributed by atoms with Gasteiger partial charge in [-0.25, -0.2) is 0 Å². The summed E-state index contributed by atoms with van der Waals surface area (Å²) in [7, 11) is -5.69. The Labute approximate surface area is 216 Å². The summed E-state index contributed by atoms with van der Waals surface area (Å²) in [6.07, 6.45) is 3.73. The number of esters is 1. The lowest BCUT2D eigenvalue weighted by Gasteiger charge is -2.58. The molecule has 37 heavy (non-hydrogen) atoms. The normalized spacial score (nSPS) is 39.0. The number of carbonyl (C=O) groups is 4. The molecule has 4 aliphatic rings. The van der Waals surface area contributed by atoms with Gasteiger partial charge in [0.25, 0.3) is 0 Å². The van der Waals surface area contributed by atoms with Crippen molar-refractivity contribution in [1.29, 1.82) is 0 Å². The summed E-state index contributed by atoms with van der Waals surface area (Å²) in [5.74, 6) is -1.17. The van der Waals surface area contributed by atoms with E-state index >= 15 is 0 Å². The number of rotatable bonds is 7. The van der Waals surface area contributed by atoms with Gasteiger partial charge in [-0.15, -0.1) is 0 Å². The number of fused-ring (bicyclic) bond motifs is 5.